The Hall–Kier alpha value is 0.0400. The molecule has 0 saturated carbocycles. The lowest BCUT2D eigenvalue weighted by atomic mass is 10.0. The smallest absolute Gasteiger partial charge is 0.0545 e. The number of nitrogens with zero attached hydrogens (tertiary/aromatic N) is 1. The summed E-state index contributed by atoms with van der Waals surface area (Å²) in [5.41, 5.74) is 1.04. The van der Waals surface area contributed by atoms with Crippen molar-refractivity contribution in [1.82, 2.24) is 10.2 Å². The highest BCUT2D eigenvalue weighted by Gasteiger charge is 2.21. The van der Waals surface area contributed by atoms with Crippen LogP contribution in [0.1, 0.15) is 11.6 Å². The van der Waals surface area contributed by atoms with Crippen LogP contribution in [-0.4, -0.2) is 31.1 Å². The van der Waals surface area contributed by atoms with Gasteiger partial charge in [-0.15, -0.1) is 31.4 Å². The van der Waals surface area contributed by atoms with Crippen molar-refractivity contribution in [2.75, 3.05) is 26.2 Å². The normalized spacial score (nSPS) is 16.9. The molecule has 0 spiro atoms. The molecule has 0 aliphatic carbocycles. The number of benzene rings is 1. The van der Waals surface area contributed by atoms with Crippen molar-refractivity contribution in [2.45, 2.75) is 6.04 Å². The van der Waals surface area contributed by atoms with Gasteiger partial charge in [0.1, 0.15) is 0 Å². The number of nitrogens with one attached hydrogen (secondary N) is 1. The Kier molecular flexibility index (Phi) is 9.08. The van der Waals surface area contributed by atoms with Crippen LogP contribution in [0.2, 0.25) is 10.0 Å². The topological polar surface area (TPSA) is 15.3 Å². The van der Waals surface area contributed by atoms with E-state index in [1.807, 2.05) is 24.3 Å². The van der Waals surface area contributed by atoms with Crippen LogP contribution in [0.15, 0.2) is 30.9 Å². The minimum atomic E-state index is 0. The highest BCUT2D eigenvalue weighted by atomic mass is 35.5. The van der Waals surface area contributed by atoms with Gasteiger partial charge in [0.05, 0.1) is 6.04 Å². The van der Waals surface area contributed by atoms with E-state index >= 15 is 0 Å². The quantitative estimate of drug-likeness (QED) is 0.835. The summed E-state index contributed by atoms with van der Waals surface area (Å²) in [5.74, 6) is 0. The Morgan fingerprint density at radius 1 is 1.21 bits per heavy atom. The SMILES string of the molecule is C=C[C@@H](c1cc(Cl)ccc1Cl)N1CCNCC1.Cl.Cl. The monoisotopic (exact) mass is 342 g/mol. The number of rotatable bonds is 3. The first kappa shape index (κ1) is 19.0. The Morgan fingerprint density at radius 2 is 1.84 bits per heavy atom. The van der Waals surface area contributed by atoms with Gasteiger partial charge < -0.3 is 5.32 Å². The molecule has 19 heavy (non-hydrogen) atoms. The fourth-order valence-corrected chi connectivity index (χ4v) is 2.58. The number of halogens is 4. The molecule has 2 nitrogen and oxygen atoms in total. The molecule has 0 radical (unpaired) electrons. The maximum atomic E-state index is 6.24. The van der Waals surface area contributed by atoms with E-state index in [0.717, 1.165) is 36.8 Å². The van der Waals surface area contributed by atoms with E-state index in [0.29, 0.717) is 5.02 Å². The molecule has 1 aliphatic heterocycles. The van der Waals surface area contributed by atoms with Gasteiger partial charge in [0.2, 0.25) is 0 Å². The van der Waals surface area contributed by atoms with Crippen LogP contribution in [0.25, 0.3) is 0 Å². The maximum absolute atomic E-state index is 6.24. The molecule has 1 N–H and O–H groups in total. The van der Waals surface area contributed by atoms with E-state index in [1.54, 1.807) is 0 Å². The second-order valence-electron chi connectivity index (χ2n) is 4.13. The summed E-state index contributed by atoms with van der Waals surface area (Å²) in [7, 11) is 0. The number of hydrogen-bond donors (Lipinski definition) is 1. The average molecular weight is 344 g/mol. The lowest BCUT2D eigenvalue weighted by Gasteiger charge is -2.33. The third-order valence-electron chi connectivity index (χ3n) is 3.04. The first-order valence-corrected chi connectivity index (χ1v) is 6.50. The highest BCUT2D eigenvalue weighted by molar-refractivity contribution is 6.33. The molecular formula is C13H18Cl4N2. The van der Waals surface area contributed by atoms with Crippen molar-refractivity contribution in [3.05, 3.63) is 46.5 Å². The van der Waals surface area contributed by atoms with Crippen LogP contribution in [0.3, 0.4) is 0 Å². The second kappa shape index (κ2) is 9.06. The minimum Gasteiger partial charge on any atom is -0.314 e. The van der Waals surface area contributed by atoms with Crippen molar-refractivity contribution in [1.29, 1.82) is 0 Å². The van der Waals surface area contributed by atoms with Crippen LogP contribution >= 0.6 is 48.0 Å². The molecule has 108 valence electrons. The van der Waals surface area contributed by atoms with Gasteiger partial charge in [-0.05, 0) is 23.8 Å². The van der Waals surface area contributed by atoms with E-state index in [-0.39, 0.29) is 30.9 Å². The summed E-state index contributed by atoms with van der Waals surface area (Å²) >= 11 is 12.3. The summed E-state index contributed by atoms with van der Waals surface area (Å²) in [4.78, 5) is 2.36. The molecule has 1 atom stereocenters. The summed E-state index contributed by atoms with van der Waals surface area (Å²) in [6.45, 7) is 7.92. The molecule has 1 fully saturated rings. The molecule has 1 aromatic carbocycles. The summed E-state index contributed by atoms with van der Waals surface area (Å²) in [6.07, 6.45) is 1.93. The maximum Gasteiger partial charge on any atom is 0.0545 e. The second-order valence-corrected chi connectivity index (χ2v) is 4.98. The zero-order chi connectivity index (χ0) is 12.3. The molecular weight excluding hydrogens is 326 g/mol. The van der Waals surface area contributed by atoms with Crippen LogP contribution in [0, 0.1) is 0 Å². The molecule has 0 amide bonds. The average Bonchev–Trinajstić information content (AvgIpc) is 2.36. The molecule has 0 aromatic heterocycles. The van der Waals surface area contributed by atoms with Gasteiger partial charge in [-0.1, -0.05) is 29.3 Å². The van der Waals surface area contributed by atoms with Gasteiger partial charge >= 0.3 is 0 Å². The summed E-state index contributed by atoms with van der Waals surface area (Å²) in [5, 5.41) is 4.80. The van der Waals surface area contributed by atoms with E-state index in [1.165, 1.54) is 0 Å². The predicted octanol–water partition coefficient (Wildman–Crippen LogP) is 3.97. The first-order valence-electron chi connectivity index (χ1n) is 5.74. The Balaban J connectivity index is 0.00000162. The van der Waals surface area contributed by atoms with Crippen molar-refractivity contribution in [3.8, 4) is 0 Å². The fraction of sp³-hybridized carbons (Fsp3) is 0.385. The van der Waals surface area contributed by atoms with E-state index in [4.69, 9.17) is 23.2 Å². The Morgan fingerprint density at radius 3 is 2.42 bits per heavy atom. The Bertz CT molecular complexity index is 406. The zero-order valence-corrected chi connectivity index (χ0v) is 13.6. The van der Waals surface area contributed by atoms with Crippen molar-refractivity contribution in [3.63, 3.8) is 0 Å². The van der Waals surface area contributed by atoms with Crippen molar-refractivity contribution >= 4 is 48.0 Å². The van der Waals surface area contributed by atoms with Crippen LogP contribution in [-0.2, 0) is 0 Å². The molecule has 1 aromatic rings. The summed E-state index contributed by atoms with van der Waals surface area (Å²) in [6, 6.07) is 5.73. The number of piperazine rings is 1. The molecule has 0 bridgehead atoms. The molecule has 2 rings (SSSR count). The highest BCUT2D eigenvalue weighted by Crippen LogP contribution is 2.30. The van der Waals surface area contributed by atoms with E-state index in [2.05, 4.69) is 16.8 Å². The van der Waals surface area contributed by atoms with Crippen molar-refractivity contribution < 1.29 is 0 Å². The van der Waals surface area contributed by atoms with Gasteiger partial charge in [0.15, 0.2) is 0 Å². The first-order chi connectivity index (χ1) is 8.22. The molecule has 1 saturated heterocycles. The van der Waals surface area contributed by atoms with Gasteiger partial charge in [-0.3, -0.25) is 4.90 Å². The molecule has 0 unspecified atom stereocenters. The molecule has 1 aliphatic rings. The largest absolute Gasteiger partial charge is 0.314 e. The molecule has 1 heterocycles. The van der Waals surface area contributed by atoms with E-state index < -0.39 is 0 Å². The third-order valence-corrected chi connectivity index (χ3v) is 3.62. The Labute approximate surface area is 137 Å². The van der Waals surface area contributed by atoms with Gasteiger partial charge in [-0.25, -0.2) is 0 Å². The predicted molar refractivity (Wildman–Crippen MR) is 88.3 cm³/mol. The van der Waals surface area contributed by atoms with Crippen LogP contribution in [0.5, 0.6) is 0 Å². The lowest BCUT2D eigenvalue weighted by Crippen LogP contribution is -2.44. The van der Waals surface area contributed by atoms with Crippen molar-refractivity contribution in [2.24, 2.45) is 0 Å². The van der Waals surface area contributed by atoms with Crippen LogP contribution in [0.4, 0.5) is 0 Å². The van der Waals surface area contributed by atoms with Gasteiger partial charge in [0.25, 0.3) is 0 Å². The van der Waals surface area contributed by atoms with Crippen LogP contribution < -0.4 is 5.32 Å². The van der Waals surface area contributed by atoms with Gasteiger partial charge in [0, 0.05) is 36.2 Å². The van der Waals surface area contributed by atoms with E-state index in [9.17, 15) is 0 Å². The lowest BCUT2D eigenvalue weighted by molar-refractivity contribution is 0.203. The zero-order valence-electron chi connectivity index (χ0n) is 10.4. The fourth-order valence-electron chi connectivity index (χ4n) is 2.17. The van der Waals surface area contributed by atoms with Gasteiger partial charge in [-0.2, -0.15) is 0 Å². The summed E-state index contributed by atoms with van der Waals surface area (Å²) < 4.78 is 0. The number of hydrogen-bond acceptors (Lipinski definition) is 2. The minimum absolute atomic E-state index is 0. The third kappa shape index (κ3) is 4.82. The standard InChI is InChI=1S/C13H16Cl2N2.2ClH/c1-2-13(17-7-5-16-6-8-17)11-9-10(14)3-4-12(11)15;;/h2-4,9,13,16H,1,5-8H2;2*1H/t13-;;/m0../s1. The molecule has 6 heteroatoms.